The second-order valence-corrected chi connectivity index (χ2v) is 7.29. The summed E-state index contributed by atoms with van der Waals surface area (Å²) < 4.78 is 2.43. The highest BCUT2D eigenvalue weighted by Gasteiger charge is 2.36. The summed E-state index contributed by atoms with van der Waals surface area (Å²) in [6.07, 6.45) is 0. The van der Waals surface area contributed by atoms with Gasteiger partial charge in [0, 0.05) is 18.7 Å². The average molecular weight is 410 g/mol. The van der Waals surface area contributed by atoms with Crippen molar-refractivity contribution < 1.29 is 19.3 Å². The molecule has 0 saturated carbocycles. The molecule has 3 aromatic rings. The van der Waals surface area contributed by atoms with Crippen LogP contribution in [-0.4, -0.2) is 38.7 Å². The number of fused-ring (bicyclic) bond motifs is 2. The molecule has 9 nitrogen and oxygen atoms in total. The molecule has 0 radical (unpaired) electrons. The van der Waals surface area contributed by atoms with Gasteiger partial charge in [0.15, 0.2) is 4.80 Å². The predicted octanol–water partition coefficient (Wildman–Crippen LogP) is 2.35. The van der Waals surface area contributed by atoms with Crippen LogP contribution in [0.3, 0.4) is 0 Å². The summed E-state index contributed by atoms with van der Waals surface area (Å²) in [6, 6.07) is 10.8. The second kappa shape index (κ2) is 7.06. The average Bonchev–Trinajstić information content (AvgIpc) is 3.17. The number of rotatable bonds is 4. The number of non-ortho nitro benzene ring substituents is 1. The third-order valence-corrected chi connectivity index (χ3v) is 5.64. The van der Waals surface area contributed by atoms with Crippen molar-refractivity contribution >= 4 is 45.0 Å². The molecule has 0 bridgehead atoms. The normalized spacial score (nSPS) is 14.0. The van der Waals surface area contributed by atoms with Crippen molar-refractivity contribution in [2.45, 2.75) is 13.5 Å². The van der Waals surface area contributed by atoms with E-state index >= 15 is 0 Å². The van der Waals surface area contributed by atoms with Crippen molar-refractivity contribution in [3.05, 3.63) is 68.5 Å². The lowest BCUT2D eigenvalue weighted by molar-refractivity contribution is -0.384. The Bertz CT molecular complexity index is 1240. The van der Waals surface area contributed by atoms with E-state index in [-0.39, 0.29) is 16.8 Å². The number of aromatic nitrogens is 1. The zero-order valence-corrected chi connectivity index (χ0v) is 16.0. The topological polar surface area (TPSA) is 115 Å². The molecule has 29 heavy (non-hydrogen) atoms. The van der Waals surface area contributed by atoms with Gasteiger partial charge in [-0.15, -0.1) is 0 Å². The van der Waals surface area contributed by atoms with Crippen LogP contribution in [0.1, 0.15) is 27.6 Å². The predicted molar refractivity (Wildman–Crippen MR) is 105 cm³/mol. The van der Waals surface area contributed by atoms with E-state index in [1.165, 1.54) is 23.5 Å². The minimum absolute atomic E-state index is 0.0543. The second-order valence-electron chi connectivity index (χ2n) is 6.29. The molecule has 0 saturated heterocycles. The first-order valence-electron chi connectivity index (χ1n) is 8.71. The van der Waals surface area contributed by atoms with Gasteiger partial charge in [0.25, 0.3) is 23.4 Å². The molecule has 2 heterocycles. The lowest BCUT2D eigenvalue weighted by Crippen LogP contribution is -2.35. The van der Waals surface area contributed by atoms with E-state index in [0.717, 1.165) is 9.60 Å². The first kappa shape index (κ1) is 18.7. The number of nitro groups is 1. The minimum Gasteiger partial charge on any atom is -0.316 e. The van der Waals surface area contributed by atoms with Gasteiger partial charge in [-0.1, -0.05) is 23.5 Å². The van der Waals surface area contributed by atoms with Gasteiger partial charge < -0.3 is 4.57 Å². The van der Waals surface area contributed by atoms with Gasteiger partial charge >= 0.3 is 0 Å². The molecule has 0 unspecified atom stereocenters. The minimum atomic E-state index is -0.650. The number of benzene rings is 2. The van der Waals surface area contributed by atoms with Gasteiger partial charge in [-0.3, -0.25) is 29.4 Å². The number of carbonyl (C=O) groups is 3. The maximum absolute atomic E-state index is 12.5. The largest absolute Gasteiger partial charge is 0.316 e. The smallest absolute Gasteiger partial charge is 0.271 e. The summed E-state index contributed by atoms with van der Waals surface area (Å²) in [4.78, 5) is 53.2. The molecular formula is C19H14N4O5S. The van der Waals surface area contributed by atoms with Crippen molar-refractivity contribution in [3.63, 3.8) is 0 Å². The number of nitro benzene ring substituents is 1. The number of aryl methyl sites for hydroxylation is 1. The molecule has 0 N–H and O–H groups in total. The Labute approximate surface area is 167 Å². The van der Waals surface area contributed by atoms with Gasteiger partial charge in [0.05, 0.1) is 26.3 Å². The highest BCUT2D eigenvalue weighted by atomic mass is 32.1. The lowest BCUT2D eigenvalue weighted by atomic mass is 10.1. The lowest BCUT2D eigenvalue weighted by Gasteiger charge is -2.10. The Balaban J connectivity index is 1.67. The van der Waals surface area contributed by atoms with Crippen LogP contribution in [-0.2, 0) is 11.3 Å². The molecule has 0 aliphatic carbocycles. The first-order chi connectivity index (χ1) is 13.9. The molecule has 10 heteroatoms. The highest BCUT2D eigenvalue weighted by Crippen LogP contribution is 2.24. The Morgan fingerprint density at radius 1 is 1.14 bits per heavy atom. The van der Waals surface area contributed by atoms with Crippen LogP contribution in [0, 0.1) is 10.1 Å². The van der Waals surface area contributed by atoms with E-state index in [1.54, 1.807) is 34.9 Å². The van der Waals surface area contributed by atoms with Crippen LogP contribution >= 0.6 is 11.3 Å². The maximum Gasteiger partial charge on any atom is 0.271 e. The van der Waals surface area contributed by atoms with Gasteiger partial charge in [-0.25, -0.2) is 0 Å². The Morgan fingerprint density at radius 2 is 1.79 bits per heavy atom. The summed E-state index contributed by atoms with van der Waals surface area (Å²) in [6.45, 7) is 1.81. The van der Waals surface area contributed by atoms with Crippen LogP contribution in [0.5, 0.6) is 0 Å². The fraction of sp³-hybridized carbons (Fsp3) is 0.158. The molecule has 0 fully saturated rings. The van der Waals surface area contributed by atoms with Crippen molar-refractivity contribution in [2.24, 2.45) is 4.99 Å². The molecular weight excluding hydrogens is 396 g/mol. The number of hydrogen-bond acceptors (Lipinski definition) is 6. The maximum atomic E-state index is 12.5. The van der Waals surface area contributed by atoms with Gasteiger partial charge in [0.2, 0.25) is 0 Å². The molecule has 3 amide bonds. The molecule has 1 aromatic heterocycles. The van der Waals surface area contributed by atoms with Gasteiger partial charge in [-0.2, -0.15) is 4.99 Å². The molecule has 0 atom stereocenters. The van der Waals surface area contributed by atoms with Crippen molar-refractivity contribution in [1.29, 1.82) is 0 Å². The summed E-state index contributed by atoms with van der Waals surface area (Å²) in [5, 5.41) is 11.0. The third kappa shape index (κ3) is 3.13. The van der Waals surface area contributed by atoms with Crippen LogP contribution in [0.15, 0.2) is 47.5 Å². The zero-order chi connectivity index (χ0) is 20.7. The molecule has 1 aliphatic rings. The number of thiazole rings is 1. The molecule has 2 aromatic carbocycles. The number of amides is 3. The summed E-state index contributed by atoms with van der Waals surface area (Å²) in [5.74, 6) is -1.70. The Hall–Kier alpha value is -3.66. The number of carbonyl (C=O) groups excluding carboxylic acids is 3. The molecule has 1 aliphatic heterocycles. The first-order valence-corrected chi connectivity index (χ1v) is 9.53. The fourth-order valence-electron chi connectivity index (χ4n) is 3.22. The van der Waals surface area contributed by atoms with Gasteiger partial charge in [-0.05, 0) is 25.1 Å². The van der Waals surface area contributed by atoms with Crippen molar-refractivity contribution in [3.8, 4) is 0 Å². The third-order valence-electron chi connectivity index (χ3n) is 4.58. The van der Waals surface area contributed by atoms with E-state index in [1.807, 2.05) is 6.92 Å². The van der Waals surface area contributed by atoms with E-state index in [9.17, 15) is 24.5 Å². The standard InChI is InChI=1S/C19H14N4O5S/c1-2-21-14-9-11(23(27)28)7-8-15(14)29-19(21)20-16(24)10-22-17(25)12-5-3-4-6-13(12)18(22)26/h3-9H,2,10H2,1H3. The molecule has 0 spiro atoms. The molecule has 4 rings (SSSR count). The Morgan fingerprint density at radius 3 is 2.38 bits per heavy atom. The SMILES string of the molecule is CCn1c(=NC(=O)CN2C(=O)c3ccccc3C2=O)sc2ccc([N+](=O)[O-])cc21. The van der Waals surface area contributed by atoms with Crippen LogP contribution < -0.4 is 4.80 Å². The van der Waals surface area contributed by atoms with Crippen LogP contribution in [0.4, 0.5) is 5.69 Å². The summed E-state index contributed by atoms with van der Waals surface area (Å²) in [7, 11) is 0. The summed E-state index contributed by atoms with van der Waals surface area (Å²) in [5.41, 5.74) is 1.08. The molecule has 146 valence electrons. The van der Waals surface area contributed by atoms with Gasteiger partial charge in [0.1, 0.15) is 6.54 Å². The van der Waals surface area contributed by atoms with E-state index < -0.39 is 29.2 Å². The number of nitrogens with zero attached hydrogens (tertiary/aromatic N) is 4. The zero-order valence-electron chi connectivity index (χ0n) is 15.2. The Kier molecular flexibility index (Phi) is 4.55. The van der Waals surface area contributed by atoms with Crippen LogP contribution in [0.2, 0.25) is 0 Å². The van der Waals surface area contributed by atoms with E-state index in [2.05, 4.69) is 4.99 Å². The van der Waals surface area contributed by atoms with Crippen LogP contribution in [0.25, 0.3) is 10.2 Å². The monoisotopic (exact) mass is 410 g/mol. The summed E-state index contributed by atoms with van der Waals surface area (Å²) >= 11 is 1.21. The fourth-order valence-corrected chi connectivity index (χ4v) is 4.31. The van der Waals surface area contributed by atoms with Crippen molar-refractivity contribution in [2.75, 3.05) is 6.54 Å². The highest BCUT2D eigenvalue weighted by molar-refractivity contribution is 7.16. The van der Waals surface area contributed by atoms with E-state index in [0.29, 0.717) is 16.9 Å². The van der Waals surface area contributed by atoms with Crippen molar-refractivity contribution in [1.82, 2.24) is 9.47 Å². The number of imide groups is 1. The number of hydrogen-bond donors (Lipinski definition) is 0. The van der Waals surface area contributed by atoms with E-state index in [4.69, 9.17) is 0 Å². The quantitative estimate of drug-likeness (QED) is 0.372.